The monoisotopic (exact) mass is 716 g/mol. The zero-order valence-electron chi connectivity index (χ0n) is 30.8. The number of halogens is 1. The highest BCUT2D eigenvalue weighted by molar-refractivity contribution is 5.79. The summed E-state index contributed by atoms with van der Waals surface area (Å²) in [6, 6.07) is 15.7. The second kappa shape index (κ2) is 19.2. The van der Waals surface area contributed by atoms with Crippen LogP contribution in [0.4, 0.5) is 16.3 Å². The number of benzene rings is 2. The van der Waals surface area contributed by atoms with E-state index in [4.69, 9.17) is 14.5 Å². The number of aromatic nitrogens is 4. The van der Waals surface area contributed by atoms with E-state index in [1.54, 1.807) is 19.1 Å². The van der Waals surface area contributed by atoms with Crippen molar-refractivity contribution in [2.75, 3.05) is 36.5 Å². The molecule has 1 fully saturated rings. The third kappa shape index (κ3) is 9.98. The fourth-order valence-electron chi connectivity index (χ4n) is 6.92. The maximum Gasteiger partial charge on any atom is 0.369 e. The number of imidazole rings is 1. The van der Waals surface area contributed by atoms with Crippen LogP contribution >= 0.6 is 0 Å². The fourth-order valence-corrected chi connectivity index (χ4v) is 6.92. The van der Waals surface area contributed by atoms with E-state index in [1.807, 2.05) is 36.2 Å². The SMILES string of the molecule is CCCCCCCCCCCC(=O)OC(C(=O)OCC)n1c(N(C)C2CCN(c3nc4ccccc4n3Cc3ccc(F)cc3)CC2)nccc1=O. The standard InChI is InChI=1S/C40H53FN6O5/c1-4-6-7-8-9-10-11-12-13-18-36(49)52-37(38(50)51-5-2)47-35(48)23-26-42-39(47)44(3)32-24-27-45(28-25-32)40-43-33-16-14-15-17-34(33)46(40)29-30-19-21-31(41)22-20-30/h14-17,19-23,26,32,37H,4-13,18,24-25,27-29H2,1-3H3. The Morgan fingerprint density at radius 2 is 1.60 bits per heavy atom. The number of hydrogen-bond donors (Lipinski definition) is 0. The topological polar surface area (TPSA) is 112 Å². The summed E-state index contributed by atoms with van der Waals surface area (Å²) in [5.41, 5.74) is 2.33. The van der Waals surface area contributed by atoms with Crippen molar-refractivity contribution in [3.05, 3.63) is 82.5 Å². The number of ether oxygens (including phenoxy) is 2. The van der Waals surface area contributed by atoms with Gasteiger partial charge in [-0.1, -0.05) is 82.6 Å². The van der Waals surface area contributed by atoms with Gasteiger partial charge < -0.3 is 23.8 Å². The lowest BCUT2D eigenvalue weighted by Gasteiger charge is -2.38. The van der Waals surface area contributed by atoms with Crippen LogP contribution in [-0.2, 0) is 25.6 Å². The Labute approximate surface area is 305 Å². The Morgan fingerprint density at radius 1 is 0.923 bits per heavy atom. The van der Waals surface area contributed by atoms with Gasteiger partial charge in [-0.25, -0.2) is 23.7 Å². The first-order chi connectivity index (χ1) is 25.3. The molecule has 11 nitrogen and oxygen atoms in total. The molecule has 0 spiro atoms. The molecule has 52 heavy (non-hydrogen) atoms. The summed E-state index contributed by atoms with van der Waals surface area (Å²) in [4.78, 5) is 53.2. The molecule has 2 aromatic heterocycles. The Hall–Kier alpha value is -4.74. The minimum absolute atomic E-state index is 0.0350. The molecule has 12 heteroatoms. The van der Waals surface area contributed by atoms with E-state index in [0.29, 0.717) is 38.9 Å². The number of carbonyl (C=O) groups is 2. The lowest BCUT2D eigenvalue weighted by Crippen LogP contribution is -2.47. The summed E-state index contributed by atoms with van der Waals surface area (Å²) in [5, 5.41) is 0. The summed E-state index contributed by atoms with van der Waals surface area (Å²) >= 11 is 0. The molecule has 0 N–H and O–H groups in total. The summed E-state index contributed by atoms with van der Waals surface area (Å²) in [7, 11) is 1.84. The molecule has 1 unspecified atom stereocenters. The van der Waals surface area contributed by atoms with Crippen LogP contribution in [0.1, 0.15) is 103 Å². The summed E-state index contributed by atoms with van der Waals surface area (Å²) in [5.74, 6) is -0.583. The van der Waals surface area contributed by atoms with Crippen molar-refractivity contribution >= 4 is 34.9 Å². The Kier molecular flexibility index (Phi) is 14.2. The lowest BCUT2D eigenvalue weighted by molar-refractivity contribution is -0.175. The molecule has 0 saturated carbocycles. The van der Waals surface area contributed by atoms with Crippen LogP contribution < -0.4 is 15.4 Å². The van der Waals surface area contributed by atoms with Crippen LogP contribution in [0.5, 0.6) is 0 Å². The average Bonchev–Trinajstić information content (AvgIpc) is 3.52. The van der Waals surface area contributed by atoms with Crippen LogP contribution in [0.25, 0.3) is 11.0 Å². The number of hydrogen-bond acceptors (Lipinski definition) is 9. The first kappa shape index (κ1) is 38.5. The first-order valence-electron chi connectivity index (χ1n) is 18.9. The molecule has 1 aliphatic rings. The molecular weight excluding hydrogens is 663 g/mol. The highest BCUT2D eigenvalue weighted by atomic mass is 19.1. The highest BCUT2D eigenvalue weighted by Gasteiger charge is 2.33. The molecule has 0 radical (unpaired) electrons. The van der Waals surface area contributed by atoms with Crippen molar-refractivity contribution in [2.24, 2.45) is 0 Å². The van der Waals surface area contributed by atoms with Crippen LogP contribution in [0.2, 0.25) is 0 Å². The van der Waals surface area contributed by atoms with E-state index in [1.165, 1.54) is 56.5 Å². The van der Waals surface area contributed by atoms with Gasteiger partial charge in [0.1, 0.15) is 5.82 Å². The molecule has 3 heterocycles. The second-order valence-corrected chi connectivity index (χ2v) is 13.6. The number of anilines is 2. The van der Waals surface area contributed by atoms with Gasteiger partial charge in [-0.3, -0.25) is 9.59 Å². The van der Waals surface area contributed by atoms with Crippen molar-refractivity contribution < 1.29 is 23.5 Å². The molecule has 1 saturated heterocycles. The number of nitrogens with zero attached hydrogens (tertiary/aromatic N) is 6. The zero-order chi connectivity index (χ0) is 36.9. The van der Waals surface area contributed by atoms with Crippen LogP contribution in [0.3, 0.4) is 0 Å². The number of unbranched alkanes of at least 4 members (excludes halogenated alkanes) is 8. The Balaban J connectivity index is 1.26. The van der Waals surface area contributed by atoms with Gasteiger partial charge in [-0.05, 0) is 56.0 Å². The quantitative estimate of drug-likeness (QED) is 0.0724. The van der Waals surface area contributed by atoms with Gasteiger partial charge >= 0.3 is 11.9 Å². The highest BCUT2D eigenvalue weighted by Crippen LogP contribution is 2.29. The molecule has 1 aliphatic heterocycles. The number of fused-ring (bicyclic) bond motifs is 1. The van der Waals surface area contributed by atoms with Gasteiger partial charge in [0.25, 0.3) is 11.8 Å². The summed E-state index contributed by atoms with van der Waals surface area (Å²) < 4.78 is 27.9. The molecule has 5 rings (SSSR count). The summed E-state index contributed by atoms with van der Waals surface area (Å²) in [6.07, 6.45) is 11.3. The van der Waals surface area contributed by atoms with Crippen molar-refractivity contribution in [3.8, 4) is 0 Å². The van der Waals surface area contributed by atoms with Gasteiger partial charge in [0.05, 0.1) is 24.2 Å². The molecule has 1 atom stereocenters. The van der Waals surface area contributed by atoms with Gasteiger partial charge in [-0.15, -0.1) is 0 Å². The molecule has 0 amide bonds. The van der Waals surface area contributed by atoms with Crippen LogP contribution in [0.15, 0.2) is 65.6 Å². The van der Waals surface area contributed by atoms with Crippen molar-refractivity contribution in [1.29, 1.82) is 0 Å². The average molecular weight is 717 g/mol. The number of esters is 2. The maximum atomic E-state index is 13.6. The predicted octanol–water partition coefficient (Wildman–Crippen LogP) is 7.41. The molecule has 0 aliphatic carbocycles. The normalized spacial score (nSPS) is 14.0. The largest absolute Gasteiger partial charge is 0.462 e. The number of para-hydroxylation sites is 2. The minimum atomic E-state index is -1.59. The van der Waals surface area contributed by atoms with Gasteiger partial charge in [0, 0.05) is 44.9 Å². The number of piperidine rings is 1. The predicted molar refractivity (Wildman–Crippen MR) is 201 cm³/mol. The smallest absolute Gasteiger partial charge is 0.369 e. The fraction of sp³-hybridized carbons (Fsp3) is 0.525. The van der Waals surface area contributed by atoms with Crippen LogP contribution in [0, 0.1) is 5.82 Å². The molecular formula is C40H53FN6O5. The molecule has 280 valence electrons. The van der Waals surface area contributed by atoms with Crippen molar-refractivity contribution in [2.45, 2.75) is 110 Å². The van der Waals surface area contributed by atoms with E-state index < -0.39 is 23.7 Å². The second-order valence-electron chi connectivity index (χ2n) is 13.6. The van der Waals surface area contributed by atoms with E-state index >= 15 is 0 Å². The Morgan fingerprint density at radius 3 is 2.29 bits per heavy atom. The maximum absolute atomic E-state index is 13.6. The number of rotatable bonds is 19. The third-order valence-electron chi connectivity index (χ3n) is 9.81. The first-order valence-corrected chi connectivity index (χ1v) is 18.9. The van der Waals surface area contributed by atoms with Crippen LogP contribution in [-0.4, -0.2) is 63.8 Å². The lowest BCUT2D eigenvalue weighted by atomic mass is 10.0. The molecule has 0 bridgehead atoms. The van der Waals surface area contributed by atoms with E-state index in [2.05, 4.69) is 21.4 Å². The summed E-state index contributed by atoms with van der Waals surface area (Å²) in [6.45, 7) is 5.83. The van der Waals surface area contributed by atoms with Gasteiger partial charge in [0.15, 0.2) is 0 Å². The third-order valence-corrected chi connectivity index (χ3v) is 9.81. The van der Waals surface area contributed by atoms with Crippen molar-refractivity contribution in [3.63, 3.8) is 0 Å². The minimum Gasteiger partial charge on any atom is -0.462 e. The Bertz CT molecular complexity index is 1800. The zero-order valence-corrected chi connectivity index (χ0v) is 30.8. The number of carbonyl (C=O) groups excluding carboxylic acids is 2. The van der Waals surface area contributed by atoms with E-state index in [0.717, 1.165) is 46.4 Å². The molecule has 2 aromatic carbocycles. The van der Waals surface area contributed by atoms with Gasteiger partial charge in [-0.2, -0.15) is 0 Å². The van der Waals surface area contributed by atoms with Gasteiger partial charge in [0.2, 0.25) is 11.9 Å². The van der Waals surface area contributed by atoms with E-state index in [9.17, 15) is 18.8 Å². The van der Waals surface area contributed by atoms with E-state index in [-0.39, 0.29) is 30.8 Å². The molecule has 4 aromatic rings. The van der Waals surface area contributed by atoms with Crippen molar-refractivity contribution in [1.82, 2.24) is 19.1 Å².